The number of carboxylic acids is 1. The van der Waals surface area contributed by atoms with E-state index in [1.807, 2.05) is 54.6 Å². The number of carbonyl (C=O) groups excluding carboxylic acids is 1. The van der Waals surface area contributed by atoms with Crippen LogP contribution in [0, 0.1) is 0 Å². The first-order valence-electron chi connectivity index (χ1n) is 15.2. The number of nitrogens with zero attached hydrogens (tertiary/aromatic N) is 1. The van der Waals surface area contributed by atoms with Gasteiger partial charge in [-0.05, 0) is 49.1 Å². The second-order valence-corrected chi connectivity index (χ2v) is 11.3. The summed E-state index contributed by atoms with van der Waals surface area (Å²) in [6, 6.07) is 26.5. The molecule has 3 aromatic rings. The Bertz CT molecular complexity index is 1280. The number of aliphatic carboxylic acids is 1. The number of hydrogen-bond donors (Lipinski definition) is 3. The Labute approximate surface area is 254 Å². The minimum atomic E-state index is -0.801. The monoisotopic (exact) mass is 588 g/mol. The minimum Gasteiger partial charge on any atom is -0.481 e. The van der Waals surface area contributed by atoms with E-state index in [4.69, 9.17) is 14.6 Å². The number of carboxylic acid groups (broad SMARTS) is 1. The van der Waals surface area contributed by atoms with Crippen molar-refractivity contribution < 1.29 is 29.3 Å². The van der Waals surface area contributed by atoms with Gasteiger partial charge < -0.3 is 25.0 Å². The van der Waals surface area contributed by atoms with Crippen LogP contribution in [0.15, 0.2) is 78.9 Å². The molecule has 8 heteroatoms. The van der Waals surface area contributed by atoms with Crippen LogP contribution in [0.4, 0.5) is 0 Å². The zero-order valence-electron chi connectivity index (χ0n) is 25.2. The van der Waals surface area contributed by atoms with E-state index in [1.54, 1.807) is 0 Å². The Morgan fingerprint density at radius 3 is 2.21 bits per heavy atom. The van der Waals surface area contributed by atoms with Crippen LogP contribution in [0.5, 0.6) is 0 Å². The first kappa shape index (κ1) is 32.4. The molecular formula is C35H44N2O6. The van der Waals surface area contributed by atoms with Crippen molar-refractivity contribution in [2.45, 2.75) is 83.1 Å². The summed E-state index contributed by atoms with van der Waals surface area (Å²) in [5.41, 5.74) is 5.06. The van der Waals surface area contributed by atoms with Crippen LogP contribution in [-0.2, 0) is 32.2 Å². The summed E-state index contributed by atoms with van der Waals surface area (Å²) in [7, 11) is 2.12. The Morgan fingerprint density at radius 1 is 0.884 bits per heavy atom. The molecule has 0 aromatic heterocycles. The highest BCUT2D eigenvalue weighted by atomic mass is 16.7. The van der Waals surface area contributed by atoms with Gasteiger partial charge in [0.05, 0.1) is 18.8 Å². The minimum absolute atomic E-state index is 0.00191. The zero-order chi connectivity index (χ0) is 30.6. The molecule has 0 spiro atoms. The van der Waals surface area contributed by atoms with Crippen LogP contribution < -0.4 is 5.32 Å². The molecule has 1 heterocycles. The molecule has 0 saturated carbocycles. The maximum atomic E-state index is 12.2. The van der Waals surface area contributed by atoms with E-state index in [0.29, 0.717) is 32.2 Å². The van der Waals surface area contributed by atoms with Crippen molar-refractivity contribution in [3.63, 3.8) is 0 Å². The summed E-state index contributed by atoms with van der Waals surface area (Å²) in [4.78, 5) is 25.1. The van der Waals surface area contributed by atoms with Crippen molar-refractivity contribution in [3.05, 3.63) is 107 Å². The third kappa shape index (κ3) is 10.0. The lowest BCUT2D eigenvalue weighted by Gasteiger charge is -2.39. The number of nitrogens with one attached hydrogen (secondary N) is 1. The van der Waals surface area contributed by atoms with Gasteiger partial charge in [-0.3, -0.25) is 14.5 Å². The number of rotatable bonds is 15. The van der Waals surface area contributed by atoms with Gasteiger partial charge in [-0.1, -0.05) is 85.3 Å². The quantitative estimate of drug-likeness (QED) is 0.185. The molecule has 1 aliphatic heterocycles. The summed E-state index contributed by atoms with van der Waals surface area (Å²) in [6.07, 6.45) is 2.47. The molecule has 1 saturated heterocycles. The van der Waals surface area contributed by atoms with Crippen LogP contribution in [-0.4, -0.2) is 46.7 Å². The molecule has 4 rings (SSSR count). The first-order valence-corrected chi connectivity index (χ1v) is 15.2. The van der Waals surface area contributed by atoms with Crippen LogP contribution in [0.3, 0.4) is 0 Å². The van der Waals surface area contributed by atoms with Crippen molar-refractivity contribution in [1.29, 1.82) is 0 Å². The lowest BCUT2D eigenvalue weighted by atomic mass is 9.99. The Kier molecular flexibility index (Phi) is 12.3. The first-order chi connectivity index (χ1) is 20.8. The third-order valence-corrected chi connectivity index (χ3v) is 8.09. The van der Waals surface area contributed by atoms with Crippen molar-refractivity contribution in [2.75, 3.05) is 13.6 Å². The number of unbranched alkanes of at least 4 members (excludes halogenated alkanes) is 2. The molecule has 3 aromatic carbocycles. The van der Waals surface area contributed by atoms with E-state index in [-0.39, 0.29) is 37.2 Å². The predicted molar refractivity (Wildman–Crippen MR) is 165 cm³/mol. The number of hydrogen-bond acceptors (Lipinski definition) is 6. The molecule has 0 unspecified atom stereocenters. The summed E-state index contributed by atoms with van der Waals surface area (Å²) in [5.74, 6) is -0.838. The van der Waals surface area contributed by atoms with E-state index in [0.717, 1.165) is 35.2 Å². The third-order valence-electron chi connectivity index (χ3n) is 8.09. The Morgan fingerprint density at radius 2 is 1.53 bits per heavy atom. The maximum absolute atomic E-state index is 12.2. The fraction of sp³-hybridized carbons (Fsp3) is 0.429. The Hall–Kier alpha value is -3.56. The normalized spacial score (nSPS) is 19.2. The average molecular weight is 589 g/mol. The fourth-order valence-electron chi connectivity index (χ4n) is 5.32. The van der Waals surface area contributed by atoms with Gasteiger partial charge in [-0.15, -0.1) is 0 Å². The number of carbonyl (C=O) groups is 2. The van der Waals surface area contributed by atoms with Gasteiger partial charge in [0, 0.05) is 44.0 Å². The number of likely N-dealkylation sites (N-methyl/N-ethyl adjacent to an activating group) is 1. The van der Waals surface area contributed by atoms with Gasteiger partial charge in [0.15, 0.2) is 6.29 Å². The molecule has 43 heavy (non-hydrogen) atoms. The number of ether oxygens (including phenoxy) is 2. The maximum Gasteiger partial charge on any atom is 0.303 e. The topological polar surface area (TPSA) is 108 Å². The molecule has 0 radical (unpaired) electrons. The standard InChI is InChI=1S/C35H44N2O6/c1-25(28-9-5-3-6-10-28)37(2)23-31-21-32(29-17-15-27(24-38)16-18-29)43-35(42-31)30-19-13-26(14-20-30)22-36-33(39)11-7-4-8-12-34(40)41/h3,5-6,9-10,13-20,25,31-32,35,38H,4,7-8,11-12,21-24H2,1-2H3,(H,36,39)(H,40,41)/t25-,31+,32-,35-/m0/s1. The van der Waals surface area contributed by atoms with E-state index in [2.05, 4.69) is 48.5 Å². The molecule has 0 aliphatic carbocycles. The molecule has 1 aliphatic rings. The smallest absolute Gasteiger partial charge is 0.303 e. The van der Waals surface area contributed by atoms with Crippen molar-refractivity contribution >= 4 is 11.9 Å². The molecule has 3 N–H and O–H groups in total. The summed E-state index contributed by atoms with van der Waals surface area (Å²) in [6.45, 7) is 3.36. The van der Waals surface area contributed by atoms with Crippen LogP contribution in [0.2, 0.25) is 0 Å². The van der Waals surface area contributed by atoms with Crippen LogP contribution in [0.25, 0.3) is 0 Å². The van der Waals surface area contributed by atoms with E-state index < -0.39 is 12.3 Å². The highest BCUT2D eigenvalue weighted by molar-refractivity contribution is 5.75. The second kappa shape index (κ2) is 16.3. The van der Waals surface area contributed by atoms with Crippen molar-refractivity contribution in [3.8, 4) is 0 Å². The van der Waals surface area contributed by atoms with Gasteiger partial charge in [-0.25, -0.2) is 0 Å². The van der Waals surface area contributed by atoms with Crippen molar-refractivity contribution in [1.82, 2.24) is 10.2 Å². The van der Waals surface area contributed by atoms with Gasteiger partial charge in [0.25, 0.3) is 0 Å². The molecule has 230 valence electrons. The van der Waals surface area contributed by atoms with Gasteiger partial charge in [-0.2, -0.15) is 0 Å². The number of aliphatic hydroxyl groups is 1. The molecule has 1 fully saturated rings. The van der Waals surface area contributed by atoms with E-state index >= 15 is 0 Å². The average Bonchev–Trinajstić information content (AvgIpc) is 3.03. The lowest BCUT2D eigenvalue weighted by molar-refractivity contribution is -0.253. The van der Waals surface area contributed by atoms with Gasteiger partial charge in [0.2, 0.25) is 5.91 Å². The lowest BCUT2D eigenvalue weighted by Crippen LogP contribution is -2.38. The molecule has 8 nitrogen and oxygen atoms in total. The zero-order valence-corrected chi connectivity index (χ0v) is 25.2. The fourth-order valence-corrected chi connectivity index (χ4v) is 5.32. The molecule has 1 amide bonds. The number of amides is 1. The van der Waals surface area contributed by atoms with E-state index in [9.17, 15) is 14.7 Å². The second-order valence-electron chi connectivity index (χ2n) is 11.3. The summed E-state index contributed by atoms with van der Waals surface area (Å²) in [5, 5.41) is 21.2. The largest absolute Gasteiger partial charge is 0.481 e. The van der Waals surface area contributed by atoms with E-state index in [1.165, 1.54) is 5.56 Å². The molecule has 0 bridgehead atoms. The van der Waals surface area contributed by atoms with Gasteiger partial charge in [0.1, 0.15) is 0 Å². The highest BCUT2D eigenvalue weighted by Gasteiger charge is 2.33. The van der Waals surface area contributed by atoms with Crippen LogP contribution in [0.1, 0.15) is 91.7 Å². The number of benzene rings is 3. The number of aliphatic hydroxyl groups excluding tert-OH is 1. The SMILES string of the molecule is C[C@@H](c1ccccc1)N(C)C[C@H]1C[C@@H](c2ccc(CO)cc2)O[C@@H](c2ccc(CNC(=O)CCCCCC(=O)O)cc2)O1. The summed E-state index contributed by atoms with van der Waals surface area (Å²) < 4.78 is 13.0. The summed E-state index contributed by atoms with van der Waals surface area (Å²) >= 11 is 0. The molecule has 4 atom stereocenters. The predicted octanol–water partition coefficient (Wildman–Crippen LogP) is 6.07. The highest BCUT2D eigenvalue weighted by Crippen LogP contribution is 2.38. The van der Waals surface area contributed by atoms with Gasteiger partial charge >= 0.3 is 5.97 Å². The molecular weight excluding hydrogens is 544 g/mol. The van der Waals surface area contributed by atoms with Crippen LogP contribution >= 0.6 is 0 Å². The Balaban J connectivity index is 1.38. The van der Waals surface area contributed by atoms with Crippen molar-refractivity contribution in [2.24, 2.45) is 0 Å².